The molecule has 0 aliphatic heterocycles. The maximum absolute atomic E-state index is 11.1. The normalized spacial score (nSPS) is 25.1. The predicted octanol–water partition coefficient (Wildman–Crippen LogP) is -13.0. The molecule has 1 aliphatic carbocycles. The summed E-state index contributed by atoms with van der Waals surface area (Å²) >= 11 is 0. The van der Waals surface area contributed by atoms with Crippen LogP contribution in [0.15, 0.2) is 0 Å². The predicted molar refractivity (Wildman–Crippen MR) is 109 cm³/mol. The Morgan fingerprint density at radius 3 is 0.405 bits per heavy atom. The van der Waals surface area contributed by atoms with Gasteiger partial charge in [0.25, 0.3) is 0 Å². The van der Waals surface area contributed by atoms with Gasteiger partial charge in [-0.25, -0.2) is 0 Å². The van der Waals surface area contributed by atoms with Crippen LogP contribution in [0.2, 0.25) is 0 Å². The molecule has 0 spiro atoms. The van der Waals surface area contributed by atoms with E-state index in [1.165, 1.54) is 0 Å². The molecule has 0 unspecified atom stereocenters. The maximum atomic E-state index is 11.1. The monoisotopic (exact) mass is 872 g/mol. The van der Waals surface area contributed by atoms with Crippen molar-refractivity contribution in [3.05, 3.63) is 0 Å². The van der Waals surface area contributed by atoms with Crippen molar-refractivity contribution in [2.75, 3.05) is 0 Å². The van der Waals surface area contributed by atoms with Crippen molar-refractivity contribution in [3.8, 4) is 0 Å². The van der Waals surface area contributed by atoms with E-state index in [1.807, 2.05) is 0 Å². The van der Waals surface area contributed by atoms with Gasteiger partial charge in [0.1, 0.15) is 36.6 Å². The van der Waals surface area contributed by atoms with Crippen LogP contribution in [0, 0.1) is 0 Å². The Labute approximate surface area is 400 Å². The zero-order valence-corrected chi connectivity index (χ0v) is 38.0. The average Bonchev–Trinajstić information content (AvgIpc) is 2.51. The van der Waals surface area contributed by atoms with Gasteiger partial charge in [-0.1, -0.05) is 0 Å². The fourth-order valence-electron chi connectivity index (χ4n) is 2.74. The van der Waals surface area contributed by atoms with Crippen molar-refractivity contribution < 1.29 is 113 Å². The first-order chi connectivity index (χ1) is 15.6. The topological polar surface area (TPSA) is 435 Å². The second kappa shape index (κ2) is 24.2. The van der Waals surface area contributed by atoms with E-state index < -0.39 is 83.6 Å². The third kappa shape index (κ3) is 27.3. The first-order valence-electron chi connectivity index (χ1n) is 7.80. The van der Waals surface area contributed by atoms with E-state index >= 15 is 0 Å². The van der Waals surface area contributed by atoms with E-state index in [2.05, 4.69) is 27.1 Å². The molecule has 0 aromatic carbocycles. The molecule has 1 aliphatic rings. The molecule has 0 heterocycles. The Morgan fingerprint density at radius 2 is 0.357 bits per heavy atom. The maximum Gasteiger partial charge on any atom is 2.00 e. The van der Waals surface area contributed by atoms with Gasteiger partial charge in [0.05, 0.1) is 46.9 Å². The summed E-state index contributed by atoms with van der Waals surface area (Å²) in [6, 6.07) is 0. The fraction of sp³-hybridized carbons (Fsp3) is 1.00. The van der Waals surface area contributed by atoms with Gasteiger partial charge < -0.3 is 113 Å². The molecule has 0 amide bonds. The van der Waals surface area contributed by atoms with E-state index in [0.717, 1.165) is 0 Å². The van der Waals surface area contributed by atoms with Crippen LogP contribution >= 0.6 is 46.9 Å². The molecule has 36 heteroatoms. The Morgan fingerprint density at radius 1 is 0.286 bits per heavy atom. The summed E-state index contributed by atoms with van der Waals surface area (Å²) in [5, 5.41) is 0. The minimum Gasteiger partial charge on any atom is -0.790 e. The molecule has 0 aromatic heterocycles. The summed E-state index contributed by atoms with van der Waals surface area (Å²) in [6.07, 6.45) is -21.5. The van der Waals surface area contributed by atoms with E-state index in [1.54, 1.807) is 0 Å². The van der Waals surface area contributed by atoms with Crippen molar-refractivity contribution in [3.63, 3.8) is 0 Å². The number of phosphoric acid groups is 6. The molecule has 1 rings (SSSR count). The molecule has 0 aromatic rings. The van der Waals surface area contributed by atoms with Gasteiger partial charge >= 0.3 is 212 Å². The summed E-state index contributed by atoms with van der Waals surface area (Å²) in [5.41, 5.74) is 0. The Bertz CT molecular complexity index is 847. The molecule has 0 N–H and O–H groups in total. The van der Waals surface area contributed by atoms with Gasteiger partial charge in [0.15, 0.2) is 0 Å². The van der Waals surface area contributed by atoms with Crippen LogP contribution in [-0.2, 0) is 54.5 Å². The second-order valence-electron chi connectivity index (χ2n) is 6.10. The minimum atomic E-state index is -6.68. The van der Waals surface area contributed by atoms with Gasteiger partial charge in [0, 0.05) is 0 Å². The van der Waals surface area contributed by atoms with Crippen LogP contribution in [-0.4, -0.2) is 248 Å². The SMILES string of the molecule is O=P([O-])([O-])OC1C(OP(=O)([O-])[O-])C(OP(=O)([O-])[O-])C(OP(=O)([O-])[O-])C(OP(=O)([O-])[O-])C1OP(=O)([O-])[O-].[Ca+2].[Ca+2].[Ca+2].[Ca+2].[Ca+2].[Mg+2]. The van der Waals surface area contributed by atoms with Gasteiger partial charge in [0.2, 0.25) is 0 Å². The molecule has 0 bridgehead atoms. The summed E-state index contributed by atoms with van der Waals surface area (Å²) in [4.78, 5) is 133. The summed E-state index contributed by atoms with van der Waals surface area (Å²) in [5.74, 6) is 0. The molecule has 0 radical (unpaired) electrons. The molecule has 1 saturated carbocycles. The molecule has 1 fully saturated rings. The fourth-order valence-corrected chi connectivity index (χ4v) is 5.96. The van der Waals surface area contributed by atoms with E-state index in [0.29, 0.717) is 0 Å². The third-order valence-electron chi connectivity index (χ3n) is 3.45. The first-order valence-corrected chi connectivity index (χ1v) is 16.6. The van der Waals surface area contributed by atoms with E-state index in [9.17, 15) is 86.1 Å². The molecule has 216 valence electrons. The van der Waals surface area contributed by atoms with Crippen LogP contribution < -0.4 is 58.7 Å². The van der Waals surface area contributed by atoms with Crippen LogP contribution in [0.25, 0.3) is 0 Å². The Kier molecular flexibility index (Phi) is 35.6. The minimum absolute atomic E-state index is 0. The van der Waals surface area contributed by atoms with Gasteiger partial charge in [-0.3, -0.25) is 0 Å². The first kappa shape index (κ1) is 61.7. The van der Waals surface area contributed by atoms with Crippen LogP contribution in [0.4, 0.5) is 0 Å². The van der Waals surface area contributed by atoms with Crippen molar-refractivity contribution in [1.29, 1.82) is 0 Å². The number of hydrogen-bond acceptors (Lipinski definition) is 24. The van der Waals surface area contributed by atoms with Gasteiger partial charge in [-0.05, 0) is 0 Å². The smallest absolute Gasteiger partial charge is 0.790 e. The zero-order chi connectivity index (χ0) is 28.7. The van der Waals surface area contributed by atoms with Crippen molar-refractivity contribution >= 4 is 259 Å². The number of rotatable bonds is 12. The van der Waals surface area contributed by atoms with Gasteiger partial charge in [-0.2, -0.15) is 0 Å². The van der Waals surface area contributed by atoms with E-state index in [4.69, 9.17) is 0 Å². The quantitative estimate of drug-likeness (QED) is 0.130. The average molecular weight is 873 g/mol. The van der Waals surface area contributed by atoms with E-state index in [-0.39, 0.29) is 212 Å². The largest absolute Gasteiger partial charge is 2.00 e. The summed E-state index contributed by atoms with van der Waals surface area (Å²) in [6.45, 7) is 0. The van der Waals surface area contributed by atoms with Crippen molar-refractivity contribution in [1.82, 2.24) is 0 Å². The molecule has 24 nitrogen and oxygen atoms in total. The number of hydrogen-bond donors (Lipinski definition) is 0. The standard InChI is InChI=1S/C6H18O24P6.5Ca.Mg/c7-31(8,9)25-1-2(26-32(10,11)12)4(28-34(16,17)18)6(30-36(22,23)24)5(29-35(19,20)21)3(1)27-33(13,14)15;;;;;;/h1-6H,(H2,7,8,9)(H2,10,11,12)(H2,13,14,15)(H2,16,17,18)(H2,19,20,21)(H2,22,23,24);;;;;;/q;6*+2/p-12. The van der Waals surface area contributed by atoms with Crippen LogP contribution in [0.5, 0.6) is 0 Å². The summed E-state index contributed by atoms with van der Waals surface area (Å²) < 4.78 is 88.3. The number of phosphoric ester groups is 6. The molecule has 0 atom stereocenters. The van der Waals surface area contributed by atoms with Crippen molar-refractivity contribution in [2.45, 2.75) is 36.6 Å². The Balaban J connectivity index is -0.000000540. The van der Waals surface area contributed by atoms with Crippen LogP contribution in [0.1, 0.15) is 0 Å². The molecule has 42 heavy (non-hydrogen) atoms. The molecular weight excluding hydrogens is 867 g/mol. The zero-order valence-electron chi connectivity index (χ0n) is 20.2. The third-order valence-corrected chi connectivity index (χ3v) is 6.46. The molecule has 0 saturated heterocycles. The Hall–Kier alpha value is 7.72. The van der Waals surface area contributed by atoms with Crippen LogP contribution in [0.3, 0.4) is 0 Å². The van der Waals surface area contributed by atoms with Crippen molar-refractivity contribution in [2.24, 2.45) is 0 Å². The summed E-state index contributed by atoms with van der Waals surface area (Å²) in [7, 11) is -40.1. The van der Waals surface area contributed by atoms with Gasteiger partial charge in [-0.15, -0.1) is 0 Å². The molecular formula is C6H6Ca5MgO24P6. The second-order valence-corrected chi connectivity index (χ2v) is 12.7.